The van der Waals surface area contributed by atoms with Gasteiger partial charge in [-0.15, -0.1) is 11.3 Å². The molecule has 1 atom stereocenters. The van der Waals surface area contributed by atoms with Crippen molar-refractivity contribution >= 4 is 27.1 Å². The highest BCUT2D eigenvalue weighted by atomic mass is 32.2. The average Bonchev–Trinajstić information content (AvgIpc) is 3.05. The summed E-state index contributed by atoms with van der Waals surface area (Å²) < 4.78 is 22.8. The molecule has 0 aliphatic carbocycles. The maximum atomic E-state index is 12.3. The number of nitrogens with zero attached hydrogens (tertiary/aromatic N) is 3. The minimum absolute atomic E-state index is 0.0564. The van der Waals surface area contributed by atoms with Gasteiger partial charge in [-0.25, -0.2) is 13.4 Å². The molecular formula is C15H21N3O3S2. The zero-order valence-electron chi connectivity index (χ0n) is 13.1. The van der Waals surface area contributed by atoms with Crippen LogP contribution < -0.4 is 0 Å². The minimum atomic E-state index is -3.08. The first kappa shape index (κ1) is 16.6. The first-order valence-electron chi connectivity index (χ1n) is 7.73. The molecule has 2 aliphatic heterocycles. The van der Waals surface area contributed by atoms with Crippen molar-refractivity contribution < 1.29 is 13.2 Å². The Balaban J connectivity index is 1.45. The van der Waals surface area contributed by atoms with Gasteiger partial charge in [-0.1, -0.05) is 6.08 Å². The van der Waals surface area contributed by atoms with Crippen LogP contribution in [0.3, 0.4) is 0 Å². The number of amides is 1. The van der Waals surface area contributed by atoms with Gasteiger partial charge in [-0.3, -0.25) is 9.69 Å². The van der Waals surface area contributed by atoms with Crippen molar-refractivity contribution in [2.24, 2.45) is 5.92 Å². The maximum absolute atomic E-state index is 12.3. The second kappa shape index (κ2) is 6.70. The Labute approximate surface area is 140 Å². The number of thiazole rings is 1. The van der Waals surface area contributed by atoms with E-state index in [-0.39, 0.29) is 17.6 Å². The number of sulfone groups is 1. The third kappa shape index (κ3) is 4.39. The van der Waals surface area contributed by atoms with E-state index in [1.807, 2.05) is 11.8 Å². The Kier molecular flexibility index (Phi) is 4.84. The molecule has 1 fully saturated rings. The number of aryl methyl sites for hydroxylation is 1. The van der Waals surface area contributed by atoms with E-state index in [0.29, 0.717) is 19.5 Å². The highest BCUT2D eigenvalue weighted by Crippen LogP contribution is 2.20. The molecule has 3 rings (SSSR count). The third-order valence-electron chi connectivity index (χ3n) is 4.22. The predicted octanol–water partition coefficient (Wildman–Crippen LogP) is 1.04. The Morgan fingerprint density at radius 2 is 2.09 bits per heavy atom. The van der Waals surface area contributed by atoms with Gasteiger partial charge < -0.3 is 4.90 Å². The molecule has 0 N–H and O–H groups in total. The molecule has 0 bridgehead atoms. The summed E-state index contributed by atoms with van der Waals surface area (Å²) in [6.45, 7) is 5.90. The van der Waals surface area contributed by atoms with Gasteiger partial charge in [0.2, 0.25) is 5.91 Å². The molecule has 1 saturated heterocycles. The molecule has 0 unspecified atom stereocenters. The predicted molar refractivity (Wildman–Crippen MR) is 89.7 cm³/mol. The van der Waals surface area contributed by atoms with Gasteiger partial charge in [-0.05, 0) is 6.92 Å². The van der Waals surface area contributed by atoms with Gasteiger partial charge in [0, 0.05) is 55.9 Å². The molecule has 1 aromatic rings. The number of carbonyl (C=O) groups excluding carboxylic acids is 1. The van der Waals surface area contributed by atoms with Crippen molar-refractivity contribution in [1.82, 2.24) is 14.8 Å². The lowest BCUT2D eigenvalue weighted by atomic mass is 10.1. The number of rotatable bonds is 4. The van der Waals surface area contributed by atoms with E-state index >= 15 is 0 Å². The Morgan fingerprint density at radius 3 is 2.65 bits per heavy atom. The van der Waals surface area contributed by atoms with Crippen molar-refractivity contribution in [2.75, 3.05) is 31.9 Å². The first-order valence-corrected chi connectivity index (χ1v) is 10.3. The third-order valence-corrected chi connectivity index (χ3v) is 6.51. The van der Waals surface area contributed by atoms with Crippen molar-refractivity contribution in [2.45, 2.75) is 19.9 Å². The molecule has 1 amide bonds. The molecular weight excluding hydrogens is 334 g/mol. The van der Waals surface area contributed by atoms with Crippen molar-refractivity contribution in [3.8, 4) is 0 Å². The summed E-state index contributed by atoms with van der Waals surface area (Å²) in [7, 11) is -3.08. The van der Waals surface area contributed by atoms with E-state index in [0.717, 1.165) is 30.3 Å². The van der Waals surface area contributed by atoms with Crippen LogP contribution in [0.5, 0.6) is 0 Å². The fourth-order valence-electron chi connectivity index (χ4n) is 2.99. The number of aromatic nitrogens is 1. The van der Waals surface area contributed by atoms with Gasteiger partial charge in [0.1, 0.15) is 0 Å². The molecule has 6 nitrogen and oxygen atoms in total. The molecule has 0 saturated carbocycles. The van der Waals surface area contributed by atoms with E-state index in [4.69, 9.17) is 0 Å². The van der Waals surface area contributed by atoms with Crippen LogP contribution in [-0.4, -0.2) is 61.0 Å². The van der Waals surface area contributed by atoms with E-state index in [2.05, 4.69) is 15.3 Å². The van der Waals surface area contributed by atoms with Gasteiger partial charge in [0.05, 0.1) is 16.5 Å². The standard InChI is InChI=1S/C15H21N3O3S2/c1-12-16-14(10-22-12)9-17-3-5-18(6-4-17)15(19)8-13-2-7-23(20,21)11-13/h2,7,10,13H,3-6,8-9,11H2,1H3/t13-/m0/s1. The molecule has 3 heterocycles. The van der Waals surface area contributed by atoms with Gasteiger partial charge in [0.25, 0.3) is 0 Å². The van der Waals surface area contributed by atoms with Crippen molar-refractivity contribution in [3.63, 3.8) is 0 Å². The lowest BCUT2D eigenvalue weighted by Gasteiger charge is -2.34. The fourth-order valence-corrected chi connectivity index (χ4v) is 4.99. The van der Waals surface area contributed by atoms with Crippen LogP contribution in [0.1, 0.15) is 17.1 Å². The molecule has 0 spiro atoms. The first-order chi connectivity index (χ1) is 10.9. The number of piperazine rings is 1. The monoisotopic (exact) mass is 355 g/mol. The summed E-state index contributed by atoms with van der Waals surface area (Å²) in [5.74, 6) is -0.0357. The van der Waals surface area contributed by atoms with Crippen LogP contribution in [0.2, 0.25) is 0 Å². The van der Waals surface area contributed by atoms with E-state index in [1.54, 1.807) is 17.4 Å². The number of hydrogen-bond donors (Lipinski definition) is 0. The zero-order chi connectivity index (χ0) is 16.4. The summed E-state index contributed by atoms with van der Waals surface area (Å²) in [5, 5.41) is 4.40. The number of allylic oxidation sites excluding steroid dienone is 1. The van der Waals surface area contributed by atoms with Crippen LogP contribution in [0.25, 0.3) is 0 Å². The SMILES string of the molecule is Cc1nc(CN2CCN(C(=O)C[C@@H]3C=CS(=O)(=O)C3)CC2)cs1. The topological polar surface area (TPSA) is 70.6 Å². The van der Waals surface area contributed by atoms with Crippen LogP contribution in [0.15, 0.2) is 16.9 Å². The smallest absolute Gasteiger partial charge is 0.223 e. The summed E-state index contributed by atoms with van der Waals surface area (Å²) in [6.07, 6.45) is 1.94. The van der Waals surface area contributed by atoms with Crippen LogP contribution >= 0.6 is 11.3 Å². The zero-order valence-corrected chi connectivity index (χ0v) is 14.8. The van der Waals surface area contributed by atoms with Crippen LogP contribution in [0, 0.1) is 12.8 Å². The fraction of sp³-hybridized carbons (Fsp3) is 0.600. The minimum Gasteiger partial charge on any atom is -0.340 e. The molecule has 1 aromatic heterocycles. The quantitative estimate of drug-likeness (QED) is 0.807. The molecule has 126 valence electrons. The number of hydrogen-bond acceptors (Lipinski definition) is 6. The van der Waals surface area contributed by atoms with Crippen LogP contribution in [-0.2, 0) is 21.2 Å². The Hall–Kier alpha value is -1.25. The van der Waals surface area contributed by atoms with E-state index in [1.165, 1.54) is 5.41 Å². The maximum Gasteiger partial charge on any atom is 0.223 e. The second-order valence-electron chi connectivity index (χ2n) is 6.14. The molecule has 2 aliphatic rings. The van der Waals surface area contributed by atoms with Gasteiger partial charge in [-0.2, -0.15) is 0 Å². The van der Waals surface area contributed by atoms with Gasteiger partial charge in [0.15, 0.2) is 9.84 Å². The highest BCUT2D eigenvalue weighted by Gasteiger charge is 2.27. The van der Waals surface area contributed by atoms with E-state index in [9.17, 15) is 13.2 Å². The summed E-state index contributed by atoms with van der Waals surface area (Å²) in [4.78, 5) is 20.9. The van der Waals surface area contributed by atoms with Crippen LogP contribution in [0.4, 0.5) is 0 Å². The van der Waals surface area contributed by atoms with Crippen molar-refractivity contribution in [3.05, 3.63) is 27.6 Å². The highest BCUT2D eigenvalue weighted by molar-refractivity contribution is 7.94. The van der Waals surface area contributed by atoms with Gasteiger partial charge >= 0.3 is 0 Å². The Bertz CT molecular complexity index is 703. The molecule has 8 heteroatoms. The average molecular weight is 355 g/mol. The molecule has 23 heavy (non-hydrogen) atoms. The Morgan fingerprint density at radius 1 is 1.35 bits per heavy atom. The lowest BCUT2D eigenvalue weighted by molar-refractivity contribution is -0.133. The van der Waals surface area contributed by atoms with E-state index < -0.39 is 9.84 Å². The molecule has 0 aromatic carbocycles. The van der Waals surface area contributed by atoms with Crippen molar-refractivity contribution in [1.29, 1.82) is 0 Å². The summed E-state index contributed by atoms with van der Waals surface area (Å²) >= 11 is 1.66. The number of carbonyl (C=O) groups is 1. The largest absolute Gasteiger partial charge is 0.340 e. The summed E-state index contributed by atoms with van der Waals surface area (Å²) in [5.41, 5.74) is 1.09. The molecule has 0 radical (unpaired) electrons. The second-order valence-corrected chi connectivity index (χ2v) is 9.13. The normalized spacial score (nSPS) is 24.2. The summed E-state index contributed by atoms with van der Waals surface area (Å²) in [6, 6.07) is 0. The lowest BCUT2D eigenvalue weighted by Crippen LogP contribution is -2.48.